The molecule has 0 aliphatic carbocycles. The van der Waals surface area contributed by atoms with E-state index in [1.54, 1.807) is 0 Å². The topological polar surface area (TPSA) is 112 Å². The zero-order chi connectivity index (χ0) is 23.9. The van der Waals surface area contributed by atoms with Crippen LogP contribution >= 0.6 is 0 Å². The zero-order valence-electron chi connectivity index (χ0n) is 20.7. The quantitative estimate of drug-likeness (QED) is 0.177. The normalized spacial score (nSPS) is 12.6. The van der Waals surface area contributed by atoms with Crippen molar-refractivity contribution >= 4 is 44.1 Å². The molecule has 0 amide bonds. The van der Waals surface area contributed by atoms with E-state index in [0.717, 1.165) is 77.0 Å². The van der Waals surface area contributed by atoms with Gasteiger partial charge in [-0.1, -0.05) is 80.1 Å². The van der Waals surface area contributed by atoms with Gasteiger partial charge in [-0.25, -0.2) is 0 Å². The van der Waals surface area contributed by atoms with E-state index < -0.39 is 17.9 Å². The fourth-order valence-corrected chi connectivity index (χ4v) is 2.86. The molecule has 0 aromatic carbocycles. The van der Waals surface area contributed by atoms with Crippen LogP contribution in [-0.4, -0.2) is 59.4 Å². The first kappa shape index (κ1) is 37.6. The minimum Gasteiger partial charge on any atom is -0.481 e. The fourth-order valence-electron chi connectivity index (χ4n) is 2.86. The van der Waals surface area contributed by atoms with Crippen molar-refractivity contribution in [1.82, 2.24) is 0 Å². The molecular formula is C24H48BiO6. The van der Waals surface area contributed by atoms with Crippen molar-refractivity contribution in [1.29, 1.82) is 0 Å². The number of hydrogen-bond donors (Lipinski definition) is 3. The van der Waals surface area contributed by atoms with Crippen LogP contribution in [0.25, 0.3) is 0 Å². The van der Waals surface area contributed by atoms with Crippen LogP contribution < -0.4 is 0 Å². The number of carboxylic acid groups (broad SMARTS) is 3. The van der Waals surface area contributed by atoms with E-state index in [2.05, 4.69) is 20.8 Å². The third kappa shape index (κ3) is 25.4. The molecule has 0 saturated carbocycles. The summed E-state index contributed by atoms with van der Waals surface area (Å²) in [5.41, 5.74) is 0. The van der Waals surface area contributed by atoms with Gasteiger partial charge < -0.3 is 15.3 Å². The molecule has 7 heteroatoms. The van der Waals surface area contributed by atoms with E-state index in [0.29, 0.717) is 0 Å². The van der Waals surface area contributed by atoms with Crippen LogP contribution in [0, 0.1) is 17.8 Å². The summed E-state index contributed by atoms with van der Waals surface area (Å²) in [6, 6.07) is 0. The summed E-state index contributed by atoms with van der Waals surface area (Å²) in [4.78, 5) is 31.3. The third-order valence-corrected chi connectivity index (χ3v) is 5.24. The van der Waals surface area contributed by atoms with E-state index in [1.807, 2.05) is 20.8 Å². The van der Waals surface area contributed by atoms with Crippen molar-refractivity contribution in [3.8, 4) is 0 Å². The van der Waals surface area contributed by atoms with Gasteiger partial charge in [0.2, 0.25) is 0 Å². The maximum atomic E-state index is 10.4. The average Bonchev–Trinajstić information content (AvgIpc) is 2.70. The second-order valence-electron chi connectivity index (χ2n) is 7.76. The molecule has 0 bridgehead atoms. The van der Waals surface area contributed by atoms with Crippen LogP contribution in [0.1, 0.15) is 119 Å². The van der Waals surface area contributed by atoms with Crippen molar-refractivity contribution < 1.29 is 29.7 Å². The third-order valence-electron chi connectivity index (χ3n) is 5.24. The van der Waals surface area contributed by atoms with Gasteiger partial charge >= 0.3 is 17.9 Å². The smallest absolute Gasteiger partial charge is 0.306 e. The molecular weight excluding hydrogens is 593 g/mol. The summed E-state index contributed by atoms with van der Waals surface area (Å²) < 4.78 is 0. The van der Waals surface area contributed by atoms with Crippen LogP contribution in [0.4, 0.5) is 0 Å². The molecule has 0 aliphatic heterocycles. The van der Waals surface area contributed by atoms with Gasteiger partial charge in [-0.05, 0) is 38.5 Å². The zero-order valence-corrected chi connectivity index (χ0v) is 24.2. The van der Waals surface area contributed by atoms with Gasteiger partial charge in [-0.2, -0.15) is 0 Å². The van der Waals surface area contributed by atoms with Crippen LogP contribution in [0.3, 0.4) is 0 Å². The van der Waals surface area contributed by atoms with Gasteiger partial charge in [-0.15, -0.1) is 0 Å². The summed E-state index contributed by atoms with van der Waals surface area (Å²) >= 11 is 0. The Morgan fingerprint density at radius 1 is 0.516 bits per heavy atom. The second kappa shape index (κ2) is 27.3. The minimum absolute atomic E-state index is 0. The van der Waals surface area contributed by atoms with Crippen molar-refractivity contribution in [2.45, 2.75) is 119 Å². The van der Waals surface area contributed by atoms with Gasteiger partial charge in [-0.3, -0.25) is 14.4 Å². The summed E-state index contributed by atoms with van der Waals surface area (Å²) in [5.74, 6) is -2.26. The Kier molecular flexibility index (Phi) is 33.1. The Bertz CT molecular complexity index is 366. The SMILES string of the molecule is CCCCC(CC)C(=O)O.CCCCC(CC)C(=O)O.CCCCC(CC)C(=O)O.[Bi]. The van der Waals surface area contributed by atoms with Crippen molar-refractivity contribution in [2.24, 2.45) is 17.8 Å². The van der Waals surface area contributed by atoms with Crippen LogP contribution in [0.15, 0.2) is 0 Å². The fraction of sp³-hybridized carbons (Fsp3) is 0.875. The van der Waals surface area contributed by atoms with Crippen LogP contribution in [0.5, 0.6) is 0 Å². The molecule has 0 heterocycles. The monoisotopic (exact) mass is 641 g/mol. The molecule has 0 saturated heterocycles. The predicted molar refractivity (Wildman–Crippen MR) is 129 cm³/mol. The molecule has 0 aliphatic rings. The molecule has 0 aromatic heterocycles. The molecule has 3 atom stereocenters. The molecule has 3 unspecified atom stereocenters. The van der Waals surface area contributed by atoms with E-state index >= 15 is 0 Å². The number of unbranched alkanes of at least 4 members (excludes halogenated alkanes) is 3. The first-order chi connectivity index (χ1) is 14.2. The summed E-state index contributed by atoms with van der Waals surface area (Å²) in [6.07, 6.45) is 11.1. The van der Waals surface area contributed by atoms with Gasteiger partial charge in [0.15, 0.2) is 0 Å². The van der Waals surface area contributed by atoms with E-state index in [1.165, 1.54) is 0 Å². The summed E-state index contributed by atoms with van der Waals surface area (Å²) in [5, 5.41) is 25.8. The number of carbonyl (C=O) groups is 3. The second-order valence-corrected chi connectivity index (χ2v) is 7.76. The standard InChI is InChI=1S/3C8H16O2.Bi/c3*1-3-5-6-7(4-2)8(9)10;/h3*7H,3-6H2,1-2H3,(H,9,10);. The predicted octanol–water partition coefficient (Wildman–Crippen LogP) is 6.48. The van der Waals surface area contributed by atoms with Gasteiger partial charge in [0, 0.05) is 26.2 Å². The molecule has 0 aromatic rings. The molecule has 3 N–H and O–H groups in total. The summed E-state index contributed by atoms with van der Waals surface area (Å²) in [6.45, 7) is 12.0. The van der Waals surface area contributed by atoms with E-state index in [-0.39, 0.29) is 44.0 Å². The minimum atomic E-state index is -0.643. The maximum absolute atomic E-state index is 10.4. The van der Waals surface area contributed by atoms with Crippen molar-refractivity contribution in [3.05, 3.63) is 0 Å². The Hall–Kier alpha value is -0.707. The van der Waals surface area contributed by atoms with E-state index in [4.69, 9.17) is 15.3 Å². The Balaban J connectivity index is -0.000000174. The molecule has 0 spiro atoms. The van der Waals surface area contributed by atoms with Gasteiger partial charge in [0.1, 0.15) is 0 Å². The molecule has 3 radical (unpaired) electrons. The molecule has 6 nitrogen and oxygen atoms in total. The number of hydrogen-bond acceptors (Lipinski definition) is 3. The average molecular weight is 642 g/mol. The largest absolute Gasteiger partial charge is 0.481 e. The number of carboxylic acids is 3. The van der Waals surface area contributed by atoms with Crippen molar-refractivity contribution in [2.75, 3.05) is 0 Å². The first-order valence-corrected chi connectivity index (χ1v) is 11.8. The van der Waals surface area contributed by atoms with Crippen LogP contribution in [0.2, 0.25) is 0 Å². The number of aliphatic carboxylic acids is 3. The molecule has 0 rings (SSSR count). The Morgan fingerprint density at radius 2 is 0.710 bits per heavy atom. The number of rotatable bonds is 15. The Morgan fingerprint density at radius 3 is 0.806 bits per heavy atom. The summed E-state index contributed by atoms with van der Waals surface area (Å²) in [7, 11) is 0. The van der Waals surface area contributed by atoms with Gasteiger partial charge in [0.05, 0.1) is 17.8 Å². The van der Waals surface area contributed by atoms with Crippen LogP contribution in [-0.2, 0) is 14.4 Å². The molecule has 0 fully saturated rings. The van der Waals surface area contributed by atoms with E-state index in [9.17, 15) is 14.4 Å². The Labute approximate surface area is 209 Å². The first-order valence-electron chi connectivity index (χ1n) is 11.8. The molecule has 31 heavy (non-hydrogen) atoms. The molecule has 185 valence electrons. The van der Waals surface area contributed by atoms with Gasteiger partial charge in [0.25, 0.3) is 0 Å². The maximum Gasteiger partial charge on any atom is 0.306 e. The van der Waals surface area contributed by atoms with Crippen molar-refractivity contribution in [3.63, 3.8) is 0 Å².